The molecule has 4 aliphatic rings. The van der Waals surface area contributed by atoms with Gasteiger partial charge in [-0.3, -0.25) is 14.4 Å². The number of esters is 3. The van der Waals surface area contributed by atoms with Crippen LogP contribution in [0.3, 0.4) is 0 Å². The number of epoxide rings is 1. The molecule has 3 N–H and O–H groups in total. The van der Waals surface area contributed by atoms with Crippen LogP contribution in [0.4, 0.5) is 0 Å². The van der Waals surface area contributed by atoms with Crippen molar-refractivity contribution in [1.29, 1.82) is 0 Å². The number of aliphatic hydroxyl groups is 3. The molecule has 0 amide bonds. The van der Waals surface area contributed by atoms with Crippen LogP contribution in [0.1, 0.15) is 75.9 Å². The second-order valence-corrected chi connectivity index (χ2v) is 14.8. The van der Waals surface area contributed by atoms with Gasteiger partial charge in [0.2, 0.25) is 0 Å². The number of carbonyl (C=O) groups excluding carboxylic acids is 3. The zero-order chi connectivity index (χ0) is 41.0. The van der Waals surface area contributed by atoms with E-state index in [1.807, 2.05) is 91.0 Å². The number of ether oxygens (including phenoxy) is 6. The van der Waals surface area contributed by atoms with Crippen molar-refractivity contribution < 1.29 is 89.1 Å². The minimum atomic E-state index is -0.596. The van der Waals surface area contributed by atoms with Gasteiger partial charge < -0.3 is 45.2 Å². The number of rotatable bonds is 10. The molecular weight excluding hydrogens is 755 g/mol. The summed E-state index contributed by atoms with van der Waals surface area (Å²) < 4.78 is 30.9. The summed E-state index contributed by atoms with van der Waals surface area (Å²) in [6, 6.07) is 29.2. The van der Waals surface area contributed by atoms with Gasteiger partial charge in [0.05, 0.1) is 95.5 Å². The van der Waals surface area contributed by atoms with Gasteiger partial charge in [-0.1, -0.05) is 91.0 Å². The Morgan fingerprint density at radius 3 is 1.43 bits per heavy atom. The van der Waals surface area contributed by atoms with Gasteiger partial charge in [0.15, 0.2) is 0 Å². The van der Waals surface area contributed by atoms with E-state index in [-0.39, 0.29) is 85.5 Å². The van der Waals surface area contributed by atoms with Crippen LogP contribution in [0.2, 0.25) is 0 Å². The number of aliphatic hydroxyl groups excluding tert-OH is 3. The van der Waals surface area contributed by atoms with Gasteiger partial charge in [-0.25, -0.2) is 0 Å². The summed E-state index contributed by atoms with van der Waals surface area (Å²) >= 11 is 0. The molecule has 1 heterocycles. The average Bonchev–Trinajstić information content (AvgIpc) is 4.06. The van der Waals surface area contributed by atoms with E-state index in [9.17, 15) is 24.6 Å². The molecule has 1 aliphatic heterocycles. The van der Waals surface area contributed by atoms with Crippen molar-refractivity contribution >= 4 is 17.9 Å². The van der Waals surface area contributed by atoms with Gasteiger partial charge in [-0.05, 0) is 74.5 Å². The first-order valence-corrected chi connectivity index (χ1v) is 19.9. The standard InChI is InChI=1S/2C15H20O4.C8H12O3.C7H8O.Na.H/c1-18-15(17)12-7-8-14(13(16)9-12)19-10-11-5-3-2-4-6-11;1-18-15(17)12-7-8-13(16)14(9-12)19-10-11-5-3-2-4-6-11;1-10-8(9)5-2-3-6-7(4-5)11-6;8-6-7-4-2-1-3-5-7;;/h2*2-6,12-14,16H,7-10H2,1H3;5-7H,2-4H2,1H3;1-5,8H,6H2;;/q;;;;+1;-1. The first-order chi connectivity index (χ1) is 27.6. The van der Waals surface area contributed by atoms with E-state index >= 15 is 0 Å². The van der Waals surface area contributed by atoms with Crippen LogP contribution in [0.5, 0.6) is 0 Å². The molecule has 3 aromatic carbocycles. The molecule has 4 fully saturated rings. The Morgan fingerprint density at radius 1 is 0.552 bits per heavy atom. The fourth-order valence-electron chi connectivity index (χ4n) is 7.29. The van der Waals surface area contributed by atoms with E-state index < -0.39 is 12.2 Å². The minimum absolute atomic E-state index is 0. The summed E-state index contributed by atoms with van der Waals surface area (Å²) in [7, 11) is 4.22. The maximum Gasteiger partial charge on any atom is 1.00 e. The Hall–Kier alpha value is -3.17. The summed E-state index contributed by atoms with van der Waals surface area (Å²) in [6.45, 7) is 1.09. The quantitative estimate of drug-likeness (QED) is 0.119. The first kappa shape index (κ1) is 49.2. The van der Waals surface area contributed by atoms with Crippen molar-refractivity contribution in [1.82, 2.24) is 0 Å². The number of methoxy groups -OCH3 is 3. The van der Waals surface area contributed by atoms with E-state index in [1.54, 1.807) is 0 Å². The number of carbonyl (C=O) groups is 3. The third-order valence-electron chi connectivity index (χ3n) is 10.8. The van der Waals surface area contributed by atoms with Gasteiger partial charge in [-0.15, -0.1) is 0 Å². The van der Waals surface area contributed by atoms with Crippen molar-refractivity contribution in [2.45, 2.75) is 114 Å². The molecule has 0 spiro atoms. The van der Waals surface area contributed by atoms with Crippen LogP contribution in [0.15, 0.2) is 91.0 Å². The predicted octanol–water partition coefficient (Wildman–Crippen LogP) is 2.83. The molecule has 3 saturated carbocycles. The van der Waals surface area contributed by atoms with Crippen molar-refractivity contribution in [3.05, 3.63) is 108 Å². The summed E-state index contributed by atoms with van der Waals surface area (Å²) in [4.78, 5) is 34.0. The Kier molecular flexibility index (Phi) is 22.8. The van der Waals surface area contributed by atoms with E-state index in [0.29, 0.717) is 63.9 Å². The van der Waals surface area contributed by atoms with E-state index in [0.717, 1.165) is 36.0 Å². The van der Waals surface area contributed by atoms with E-state index in [2.05, 4.69) is 4.74 Å². The predicted molar refractivity (Wildman–Crippen MR) is 212 cm³/mol. The van der Waals surface area contributed by atoms with Crippen molar-refractivity contribution in [3.8, 4) is 0 Å². The third-order valence-corrected chi connectivity index (χ3v) is 10.8. The first-order valence-electron chi connectivity index (χ1n) is 19.9. The van der Waals surface area contributed by atoms with Gasteiger partial charge in [0.25, 0.3) is 0 Å². The van der Waals surface area contributed by atoms with Crippen LogP contribution in [0.25, 0.3) is 0 Å². The van der Waals surface area contributed by atoms with Crippen LogP contribution in [-0.2, 0) is 62.6 Å². The Morgan fingerprint density at radius 2 is 0.983 bits per heavy atom. The fraction of sp³-hybridized carbons (Fsp3) is 0.533. The Labute approximate surface area is 366 Å². The minimum Gasteiger partial charge on any atom is -1.00 e. The second kappa shape index (κ2) is 26.8. The van der Waals surface area contributed by atoms with E-state index in [4.69, 9.17) is 28.8 Å². The number of benzene rings is 3. The largest absolute Gasteiger partial charge is 1.00 e. The Bertz CT molecular complexity index is 1600. The molecule has 12 nitrogen and oxygen atoms in total. The second-order valence-electron chi connectivity index (χ2n) is 14.8. The molecule has 7 rings (SSSR count). The van der Waals surface area contributed by atoms with Crippen molar-refractivity contribution in [2.24, 2.45) is 17.8 Å². The van der Waals surface area contributed by atoms with Gasteiger partial charge in [-0.2, -0.15) is 0 Å². The molecule has 0 bridgehead atoms. The fourth-order valence-corrected chi connectivity index (χ4v) is 7.29. The molecule has 3 aliphatic carbocycles. The summed E-state index contributed by atoms with van der Waals surface area (Å²) in [5.74, 6) is -0.769. The third kappa shape index (κ3) is 16.8. The van der Waals surface area contributed by atoms with Crippen molar-refractivity contribution in [2.75, 3.05) is 21.3 Å². The number of hydrogen-bond donors (Lipinski definition) is 3. The molecule has 3 aromatic rings. The molecule has 58 heavy (non-hydrogen) atoms. The molecule has 9 atom stereocenters. The molecular formula is C45H61NaO12. The molecule has 13 heteroatoms. The molecule has 0 aromatic heterocycles. The number of hydrogen-bond acceptors (Lipinski definition) is 12. The topological polar surface area (TPSA) is 171 Å². The van der Waals surface area contributed by atoms with Gasteiger partial charge >= 0.3 is 47.5 Å². The van der Waals surface area contributed by atoms with Crippen molar-refractivity contribution in [3.63, 3.8) is 0 Å². The molecule has 9 unspecified atom stereocenters. The molecule has 314 valence electrons. The maximum atomic E-state index is 11.5. The average molecular weight is 817 g/mol. The van der Waals surface area contributed by atoms with Crippen LogP contribution in [0, 0.1) is 17.8 Å². The smallest absolute Gasteiger partial charge is 1.00 e. The van der Waals surface area contributed by atoms with Crippen LogP contribution < -0.4 is 29.6 Å². The number of fused-ring (bicyclic) bond motifs is 1. The maximum absolute atomic E-state index is 11.5. The summed E-state index contributed by atoms with van der Waals surface area (Å²) in [5, 5.41) is 28.5. The SMILES string of the molecule is COC(=O)C1CCC(O)C(OCc2ccccc2)C1.COC(=O)C1CCC(OCc2ccccc2)C(O)C1.COC(=O)C1CCC2OC2C1.OCc1ccccc1.[H-].[Na+]. The van der Waals surface area contributed by atoms with E-state index in [1.165, 1.54) is 21.3 Å². The zero-order valence-electron chi connectivity index (χ0n) is 35.4. The van der Waals surface area contributed by atoms with Gasteiger partial charge in [0, 0.05) is 0 Å². The monoisotopic (exact) mass is 816 g/mol. The molecule has 0 radical (unpaired) electrons. The van der Waals surface area contributed by atoms with Crippen LogP contribution in [-0.4, -0.2) is 91.2 Å². The Balaban J connectivity index is 0.000000281. The zero-order valence-corrected chi connectivity index (χ0v) is 36.4. The molecule has 1 saturated heterocycles. The van der Waals surface area contributed by atoms with Gasteiger partial charge in [0.1, 0.15) is 0 Å². The summed E-state index contributed by atoms with van der Waals surface area (Å²) in [5.41, 5.74) is 3.12. The summed E-state index contributed by atoms with van der Waals surface area (Å²) in [6.07, 6.45) is 5.70. The normalized spacial score (nSPS) is 26.7. The van der Waals surface area contributed by atoms with Crippen LogP contribution >= 0.6 is 0 Å².